The summed E-state index contributed by atoms with van der Waals surface area (Å²) in [5, 5.41) is 3.98. The average molecular weight is 506 g/mol. The van der Waals surface area contributed by atoms with E-state index in [1.165, 1.54) is 35.7 Å². The monoisotopic (exact) mass is 505 g/mol. The van der Waals surface area contributed by atoms with Crippen LogP contribution in [0.1, 0.15) is 57.4 Å². The third-order valence-corrected chi connectivity index (χ3v) is 7.62. The number of thioether (sulfide) groups is 1. The fourth-order valence-corrected chi connectivity index (χ4v) is 5.39. The van der Waals surface area contributed by atoms with Crippen LogP contribution in [0, 0.1) is 0 Å². The number of carbonyl (C=O) groups is 1. The highest BCUT2D eigenvalue weighted by Crippen LogP contribution is 2.35. The van der Waals surface area contributed by atoms with E-state index in [0.717, 1.165) is 24.9 Å². The van der Waals surface area contributed by atoms with Crippen LogP contribution in [0.4, 0.5) is 5.69 Å². The van der Waals surface area contributed by atoms with Crippen LogP contribution in [0.3, 0.4) is 0 Å². The molecule has 0 spiro atoms. The van der Waals surface area contributed by atoms with Crippen LogP contribution in [-0.4, -0.2) is 28.0 Å². The number of nitrogens with one attached hydrogen (secondary N) is 1. The zero-order chi connectivity index (χ0) is 25.1. The Bertz CT molecular complexity index is 1360. The van der Waals surface area contributed by atoms with E-state index < -0.39 is 0 Å². The number of rotatable bonds is 8. The molecule has 3 aromatic rings. The highest BCUT2D eigenvalue weighted by atomic mass is 32.2. The van der Waals surface area contributed by atoms with Crippen molar-refractivity contribution in [1.29, 1.82) is 0 Å². The summed E-state index contributed by atoms with van der Waals surface area (Å²) in [6.07, 6.45) is 7.70. The van der Waals surface area contributed by atoms with Gasteiger partial charge in [-0.15, -0.1) is 0 Å². The molecule has 0 atom stereocenters. The number of nitrogens with zero attached hydrogens (tertiary/aromatic N) is 2. The predicted molar refractivity (Wildman–Crippen MR) is 143 cm³/mol. The molecular weight excluding hydrogens is 474 g/mol. The van der Waals surface area contributed by atoms with Gasteiger partial charge in [-0.05, 0) is 61.8 Å². The fourth-order valence-electron chi connectivity index (χ4n) is 4.56. The average Bonchev–Trinajstić information content (AvgIpc) is 3.34. The topological polar surface area (TPSA) is 82.5 Å². The van der Waals surface area contributed by atoms with Crippen LogP contribution in [0.15, 0.2) is 58.0 Å². The zero-order valence-corrected chi connectivity index (χ0v) is 21.5. The molecule has 2 heterocycles. The Balaban J connectivity index is 1.37. The summed E-state index contributed by atoms with van der Waals surface area (Å²) in [6, 6.07) is 11.4. The first-order chi connectivity index (χ1) is 17.5. The zero-order valence-electron chi connectivity index (χ0n) is 20.7. The van der Waals surface area contributed by atoms with Crippen molar-refractivity contribution in [1.82, 2.24) is 9.55 Å². The van der Waals surface area contributed by atoms with E-state index in [1.54, 1.807) is 16.7 Å². The van der Waals surface area contributed by atoms with Crippen LogP contribution < -0.4 is 20.3 Å². The molecule has 0 saturated carbocycles. The van der Waals surface area contributed by atoms with Crippen molar-refractivity contribution < 1.29 is 14.3 Å². The van der Waals surface area contributed by atoms with Crippen LogP contribution in [0.25, 0.3) is 10.9 Å². The summed E-state index contributed by atoms with van der Waals surface area (Å²) >= 11 is 1.28. The van der Waals surface area contributed by atoms with Crippen LogP contribution in [0.2, 0.25) is 0 Å². The standard InChI is InChI=1S/C28H31N3O4S/c1-18(2)20-8-10-21(11-9-20)29-26(32)16-36-28-30-23-15-25-24(34-17-35-25)14-22(23)27(33)31(28)13-12-19-6-4-3-5-7-19/h6,8-11,14-15,18H,3-5,7,12-13,16-17H2,1-2H3,(H,29,32). The summed E-state index contributed by atoms with van der Waals surface area (Å²) in [4.78, 5) is 31.0. The number of ether oxygens (including phenoxy) is 2. The first-order valence-electron chi connectivity index (χ1n) is 12.5. The molecule has 7 nitrogen and oxygen atoms in total. The summed E-state index contributed by atoms with van der Waals surface area (Å²) in [5.74, 6) is 1.59. The molecular formula is C28H31N3O4S. The first kappa shape index (κ1) is 24.4. The van der Waals surface area contributed by atoms with Gasteiger partial charge >= 0.3 is 0 Å². The van der Waals surface area contributed by atoms with Gasteiger partial charge in [-0.3, -0.25) is 14.2 Å². The SMILES string of the molecule is CC(C)c1ccc(NC(=O)CSc2nc3cc4c(cc3c(=O)n2CCC2=CCCCC2)OCO4)cc1. The molecule has 2 aliphatic rings. The minimum absolute atomic E-state index is 0.123. The van der Waals surface area contributed by atoms with Gasteiger partial charge in [0.05, 0.1) is 16.7 Å². The first-order valence-corrected chi connectivity index (χ1v) is 13.5. The Morgan fingerprint density at radius 2 is 1.92 bits per heavy atom. The second-order valence-electron chi connectivity index (χ2n) is 9.55. The smallest absolute Gasteiger partial charge is 0.262 e. The quantitative estimate of drug-likeness (QED) is 0.234. The lowest BCUT2D eigenvalue weighted by atomic mass is 9.97. The molecule has 1 aliphatic heterocycles. The number of aromatic nitrogens is 2. The summed E-state index contributed by atoms with van der Waals surface area (Å²) < 4.78 is 12.7. The molecule has 1 N–H and O–H groups in total. The van der Waals surface area contributed by atoms with Gasteiger partial charge in [-0.2, -0.15) is 0 Å². The van der Waals surface area contributed by atoms with E-state index in [-0.39, 0.29) is 24.0 Å². The Kier molecular flexibility index (Phi) is 7.32. The number of hydrogen-bond donors (Lipinski definition) is 1. The Morgan fingerprint density at radius 3 is 2.64 bits per heavy atom. The molecule has 36 heavy (non-hydrogen) atoms. The van der Waals surface area contributed by atoms with E-state index >= 15 is 0 Å². The van der Waals surface area contributed by atoms with Gasteiger partial charge in [-0.1, -0.05) is 49.4 Å². The lowest BCUT2D eigenvalue weighted by Gasteiger charge is -2.16. The number of fused-ring (bicyclic) bond motifs is 2. The molecule has 0 fully saturated rings. The number of carbonyl (C=O) groups excluding carboxylic acids is 1. The second-order valence-corrected chi connectivity index (χ2v) is 10.5. The molecule has 0 radical (unpaired) electrons. The van der Waals surface area contributed by atoms with E-state index in [2.05, 4.69) is 25.2 Å². The molecule has 1 aliphatic carbocycles. The highest BCUT2D eigenvalue weighted by Gasteiger charge is 2.20. The van der Waals surface area contributed by atoms with E-state index in [1.807, 2.05) is 24.3 Å². The molecule has 0 saturated heterocycles. The maximum atomic E-state index is 13.5. The Morgan fingerprint density at radius 1 is 1.14 bits per heavy atom. The number of anilines is 1. The maximum absolute atomic E-state index is 13.5. The van der Waals surface area contributed by atoms with Crippen molar-refractivity contribution in [3.63, 3.8) is 0 Å². The third-order valence-electron chi connectivity index (χ3n) is 6.65. The molecule has 0 bridgehead atoms. The normalized spacial score (nSPS) is 14.8. The Hall–Kier alpha value is -3.26. The summed E-state index contributed by atoms with van der Waals surface area (Å²) in [5.41, 5.74) is 3.79. The van der Waals surface area contributed by atoms with Gasteiger partial charge in [0.2, 0.25) is 12.7 Å². The van der Waals surface area contributed by atoms with Crippen molar-refractivity contribution in [2.45, 2.75) is 63.6 Å². The van der Waals surface area contributed by atoms with Gasteiger partial charge in [0.15, 0.2) is 16.7 Å². The highest BCUT2D eigenvalue weighted by molar-refractivity contribution is 7.99. The number of hydrogen-bond acceptors (Lipinski definition) is 6. The third kappa shape index (κ3) is 5.43. The number of amides is 1. The van der Waals surface area contributed by atoms with Crippen LogP contribution >= 0.6 is 11.8 Å². The van der Waals surface area contributed by atoms with E-state index in [9.17, 15) is 9.59 Å². The van der Waals surface area contributed by atoms with Crippen molar-refractivity contribution in [2.75, 3.05) is 17.9 Å². The maximum Gasteiger partial charge on any atom is 0.262 e. The van der Waals surface area contributed by atoms with Crippen molar-refractivity contribution in [3.05, 3.63) is 64.0 Å². The van der Waals surface area contributed by atoms with Crippen molar-refractivity contribution in [3.8, 4) is 11.5 Å². The number of benzene rings is 2. The van der Waals surface area contributed by atoms with E-state index in [0.29, 0.717) is 40.0 Å². The molecule has 8 heteroatoms. The van der Waals surface area contributed by atoms with Gasteiger partial charge in [0, 0.05) is 18.3 Å². The van der Waals surface area contributed by atoms with Gasteiger partial charge in [0.25, 0.3) is 5.56 Å². The largest absolute Gasteiger partial charge is 0.454 e. The molecule has 1 aromatic heterocycles. The fraction of sp³-hybridized carbons (Fsp3) is 0.393. The minimum Gasteiger partial charge on any atom is -0.454 e. The van der Waals surface area contributed by atoms with Crippen molar-refractivity contribution in [2.24, 2.45) is 0 Å². The van der Waals surface area contributed by atoms with Crippen LogP contribution in [-0.2, 0) is 11.3 Å². The summed E-state index contributed by atoms with van der Waals surface area (Å²) in [7, 11) is 0. The minimum atomic E-state index is -0.140. The second kappa shape index (κ2) is 10.8. The lowest BCUT2D eigenvalue weighted by molar-refractivity contribution is -0.113. The van der Waals surface area contributed by atoms with Gasteiger partial charge < -0.3 is 14.8 Å². The molecule has 1 amide bonds. The molecule has 0 unspecified atom stereocenters. The summed E-state index contributed by atoms with van der Waals surface area (Å²) in [6.45, 7) is 4.94. The van der Waals surface area contributed by atoms with E-state index in [4.69, 9.17) is 14.5 Å². The van der Waals surface area contributed by atoms with Gasteiger partial charge in [0.1, 0.15) is 0 Å². The molecule has 188 valence electrons. The molecule has 2 aromatic carbocycles. The van der Waals surface area contributed by atoms with Gasteiger partial charge in [-0.25, -0.2) is 4.98 Å². The van der Waals surface area contributed by atoms with Crippen molar-refractivity contribution >= 4 is 34.3 Å². The Labute approximate surface area is 214 Å². The lowest BCUT2D eigenvalue weighted by Crippen LogP contribution is -2.25. The predicted octanol–water partition coefficient (Wildman–Crippen LogP) is 5.87. The molecule has 5 rings (SSSR count). The number of allylic oxidation sites excluding steroid dienone is 2. The van der Waals surface area contributed by atoms with Crippen LogP contribution in [0.5, 0.6) is 11.5 Å².